The van der Waals surface area contributed by atoms with Crippen molar-refractivity contribution in [2.45, 2.75) is 51.2 Å². The highest BCUT2D eigenvalue weighted by molar-refractivity contribution is 5.13. The van der Waals surface area contributed by atoms with E-state index in [0.29, 0.717) is 6.61 Å². The lowest BCUT2D eigenvalue weighted by Gasteiger charge is -2.05. The third-order valence-corrected chi connectivity index (χ3v) is 3.07. The van der Waals surface area contributed by atoms with Crippen LogP contribution in [0.15, 0.2) is 30.3 Å². The summed E-state index contributed by atoms with van der Waals surface area (Å²) in [6, 6.07) is 10.2. The molecule has 0 spiro atoms. The number of aliphatic hydroxyl groups is 1. The van der Waals surface area contributed by atoms with E-state index in [0.717, 1.165) is 32.3 Å². The molecule has 1 atom stereocenters. The Bertz CT molecular complexity index is 353. The van der Waals surface area contributed by atoms with Crippen molar-refractivity contribution in [3.8, 4) is 12.3 Å². The predicted molar refractivity (Wildman–Crippen MR) is 78.6 cm³/mol. The molecule has 1 aromatic carbocycles. The van der Waals surface area contributed by atoms with Crippen molar-refractivity contribution >= 4 is 0 Å². The monoisotopic (exact) mass is 260 g/mol. The maximum atomic E-state index is 9.18. The fourth-order valence-corrected chi connectivity index (χ4v) is 1.92. The molecule has 0 aromatic heterocycles. The molecule has 2 nitrogen and oxygen atoms in total. The van der Waals surface area contributed by atoms with E-state index in [1.807, 2.05) is 18.2 Å². The van der Waals surface area contributed by atoms with Crippen molar-refractivity contribution in [2.75, 3.05) is 6.61 Å². The molecule has 19 heavy (non-hydrogen) atoms. The summed E-state index contributed by atoms with van der Waals surface area (Å²) in [6.45, 7) is 1.52. The largest absolute Gasteiger partial charge is 0.380 e. The minimum atomic E-state index is -0.561. The van der Waals surface area contributed by atoms with Crippen molar-refractivity contribution in [1.82, 2.24) is 0 Å². The lowest BCUT2D eigenvalue weighted by molar-refractivity contribution is 0.116. The summed E-state index contributed by atoms with van der Waals surface area (Å²) in [4.78, 5) is 0. The van der Waals surface area contributed by atoms with E-state index in [2.05, 4.69) is 18.1 Å². The second-order valence-corrected chi connectivity index (χ2v) is 4.78. The highest BCUT2D eigenvalue weighted by Crippen LogP contribution is 2.08. The zero-order valence-corrected chi connectivity index (χ0v) is 11.6. The van der Waals surface area contributed by atoms with Crippen LogP contribution in [0.5, 0.6) is 0 Å². The molecule has 0 saturated heterocycles. The molecule has 0 aliphatic carbocycles. The van der Waals surface area contributed by atoms with Gasteiger partial charge >= 0.3 is 0 Å². The molecular weight excluding hydrogens is 236 g/mol. The fourth-order valence-electron chi connectivity index (χ4n) is 1.92. The standard InChI is InChI=1S/C17H24O2/c1-2-17(18)13-9-4-3-5-10-14-19-15-16-11-7-6-8-12-16/h1,6-8,11-12,17-18H,3-5,9-10,13-15H2/t17-/m0/s1. The highest BCUT2D eigenvalue weighted by Gasteiger charge is 1.98. The second kappa shape index (κ2) is 10.6. The van der Waals surface area contributed by atoms with E-state index < -0.39 is 6.10 Å². The van der Waals surface area contributed by atoms with Crippen molar-refractivity contribution in [2.24, 2.45) is 0 Å². The molecule has 0 aliphatic heterocycles. The van der Waals surface area contributed by atoms with Crippen LogP contribution in [0, 0.1) is 12.3 Å². The first-order chi connectivity index (χ1) is 9.33. The molecule has 1 rings (SSSR count). The Balaban J connectivity index is 1.85. The molecule has 1 N–H and O–H groups in total. The Morgan fingerprint density at radius 3 is 2.47 bits per heavy atom. The minimum absolute atomic E-state index is 0.561. The number of hydrogen-bond acceptors (Lipinski definition) is 2. The Kier molecular flexibility index (Phi) is 8.80. The topological polar surface area (TPSA) is 29.5 Å². The SMILES string of the molecule is C#C[C@H](O)CCCCCCCOCc1ccccc1. The average Bonchev–Trinajstić information content (AvgIpc) is 2.46. The Hall–Kier alpha value is -1.30. The second-order valence-electron chi connectivity index (χ2n) is 4.78. The lowest BCUT2D eigenvalue weighted by Crippen LogP contribution is -2.01. The highest BCUT2D eigenvalue weighted by atomic mass is 16.5. The van der Waals surface area contributed by atoms with Crippen LogP contribution in [0.1, 0.15) is 44.1 Å². The van der Waals surface area contributed by atoms with Crippen molar-refractivity contribution < 1.29 is 9.84 Å². The van der Waals surface area contributed by atoms with E-state index in [1.54, 1.807) is 0 Å². The first-order valence-electron chi connectivity index (χ1n) is 7.09. The van der Waals surface area contributed by atoms with Crippen molar-refractivity contribution in [3.63, 3.8) is 0 Å². The number of aliphatic hydroxyl groups excluding tert-OH is 1. The van der Waals surface area contributed by atoms with E-state index in [4.69, 9.17) is 11.2 Å². The Labute approximate surface area is 116 Å². The van der Waals surface area contributed by atoms with Gasteiger partial charge in [-0.15, -0.1) is 6.42 Å². The maximum Gasteiger partial charge on any atom is 0.114 e. The number of terminal acetylenes is 1. The first kappa shape index (κ1) is 15.8. The summed E-state index contributed by atoms with van der Waals surface area (Å²) in [5.41, 5.74) is 1.23. The van der Waals surface area contributed by atoms with Crippen LogP contribution in [0.2, 0.25) is 0 Å². The lowest BCUT2D eigenvalue weighted by atomic mass is 10.1. The zero-order chi connectivity index (χ0) is 13.8. The normalized spacial score (nSPS) is 12.0. The third kappa shape index (κ3) is 8.42. The smallest absolute Gasteiger partial charge is 0.114 e. The minimum Gasteiger partial charge on any atom is -0.380 e. The van der Waals surface area contributed by atoms with Gasteiger partial charge in [0, 0.05) is 6.61 Å². The molecule has 0 fully saturated rings. The summed E-state index contributed by atoms with van der Waals surface area (Å²) in [5.74, 6) is 2.33. The molecule has 104 valence electrons. The summed E-state index contributed by atoms with van der Waals surface area (Å²) in [6.07, 6.45) is 10.9. The van der Waals surface area contributed by atoms with Crippen LogP contribution < -0.4 is 0 Å². The van der Waals surface area contributed by atoms with E-state index in [-0.39, 0.29) is 0 Å². The van der Waals surface area contributed by atoms with Gasteiger partial charge in [-0.25, -0.2) is 0 Å². The third-order valence-electron chi connectivity index (χ3n) is 3.07. The zero-order valence-electron chi connectivity index (χ0n) is 11.6. The van der Waals surface area contributed by atoms with Gasteiger partial charge in [0.05, 0.1) is 6.61 Å². The number of unbranched alkanes of at least 4 members (excludes halogenated alkanes) is 4. The van der Waals surface area contributed by atoms with Gasteiger partial charge in [-0.1, -0.05) is 55.5 Å². The fraction of sp³-hybridized carbons (Fsp3) is 0.529. The summed E-state index contributed by atoms with van der Waals surface area (Å²) in [7, 11) is 0. The molecule has 0 saturated carbocycles. The van der Waals surface area contributed by atoms with Gasteiger partial charge in [0.2, 0.25) is 0 Å². The number of benzene rings is 1. The van der Waals surface area contributed by atoms with Gasteiger partial charge in [-0.05, 0) is 24.8 Å². The molecular formula is C17H24O2. The molecule has 1 aromatic rings. The molecule has 0 amide bonds. The van der Waals surface area contributed by atoms with Crippen LogP contribution in [0.4, 0.5) is 0 Å². The van der Waals surface area contributed by atoms with Gasteiger partial charge in [0.25, 0.3) is 0 Å². The summed E-state index contributed by atoms with van der Waals surface area (Å²) in [5, 5.41) is 9.18. The number of hydrogen-bond donors (Lipinski definition) is 1. The van der Waals surface area contributed by atoms with Crippen LogP contribution in [-0.4, -0.2) is 17.8 Å². The van der Waals surface area contributed by atoms with Gasteiger partial charge in [-0.2, -0.15) is 0 Å². The number of rotatable bonds is 10. The van der Waals surface area contributed by atoms with Gasteiger partial charge < -0.3 is 9.84 Å². The molecule has 0 unspecified atom stereocenters. The van der Waals surface area contributed by atoms with Gasteiger partial charge in [0.15, 0.2) is 0 Å². The summed E-state index contributed by atoms with van der Waals surface area (Å²) < 4.78 is 5.62. The Morgan fingerprint density at radius 2 is 1.74 bits per heavy atom. The molecule has 0 aliphatic rings. The van der Waals surface area contributed by atoms with E-state index in [1.165, 1.54) is 18.4 Å². The number of ether oxygens (including phenoxy) is 1. The quantitative estimate of drug-likeness (QED) is 0.515. The molecule has 0 heterocycles. The average molecular weight is 260 g/mol. The van der Waals surface area contributed by atoms with Crippen LogP contribution in [-0.2, 0) is 11.3 Å². The van der Waals surface area contributed by atoms with Crippen molar-refractivity contribution in [1.29, 1.82) is 0 Å². The molecule has 0 radical (unpaired) electrons. The van der Waals surface area contributed by atoms with Gasteiger partial charge in [0.1, 0.15) is 6.10 Å². The van der Waals surface area contributed by atoms with Crippen LogP contribution in [0.25, 0.3) is 0 Å². The van der Waals surface area contributed by atoms with Crippen LogP contribution >= 0.6 is 0 Å². The van der Waals surface area contributed by atoms with E-state index in [9.17, 15) is 5.11 Å². The predicted octanol–water partition coefficient (Wildman–Crippen LogP) is 3.54. The van der Waals surface area contributed by atoms with E-state index >= 15 is 0 Å². The first-order valence-corrected chi connectivity index (χ1v) is 7.09. The maximum absolute atomic E-state index is 9.18. The summed E-state index contributed by atoms with van der Waals surface area (Å²) >= 11 is 0. The van der Waals surface area contributed by atoms with Gasteiger partial charge in [-0.3, -0.25) is 0 Å². The molecule has 2 heteroatoms. The van der Waals surface area contributed by atoms with Crippen LogP contribution in [0.3, 0.4) is 0 Å². The molecule has 0 bridgehead atoms. The Morgan fingerprint density at radius 1 is 1.05 bits per heavy atom. The van der Waals surface area contributed by atoms with Crippen molar-refractivity contribution in [3.05, 3.63) is 35.9 Å².